The van der Waals surface area contributed by atoms with Gasteiger partial charge < -0.3 is 14.8 Å². The number of hydrogen-bond acceptors (Lipinski definition) is 4. The van der Waals surface area contributed by atoms with E-state index in [1.807, 2.05) is 12.1 Å². The molecule has 1 rings (SSSR count). The number of amides is 1. The molecule has 1 unspecified atom stereocenters. The Bertz CT molecular complexity index is 707. The lowest BCUT2D eigenvalue weighted by molar-refractivity contribution is -0.122. The Morgan fingerprint density at radius 1 is 1.33 bits per heavy atom. The molecule has 1 aromatic carbocycles. The van der Waals surface area contributed by atoms with Gasteiger partial charge in [0.1, 0.15) is 12.1 Å². The number of carbonyl (C=O) groups excluding carboxylic acids is 1. The quantitative estimate of drug-likeness (QED) is 0.743. The molecule has 0 spiro atoms. The number of hydrogen-bond donors (Lipinski definition) is 1. The highest BCUT2D eigenvalue weighted by atomic mass is 16.5. The minimum Gasteiger partial charge on any atom is -0.493 e. The zero-order chi connectivity index (χ0) is 18.0. The standard InChI is InChI=1S/C19H20N2O3/c1-5-11-19(3,14-20)21-18(22)10-8-15-7-9-16(24-12-6-2)17(13-15)23-4/h1-2,7,9,13H,8,10-12H2,3-4H3,(H,21,22). The first-order valence-electron chi connectivity index (χ1n) is 7.37. The molecule has 0 radical (unpaired) electrons. The monoisotopic (exact) mass is 324 g/mol. The molecule has 0 bridgehead atoms. The summed E-state index contributed by atoms with van der Waals surface area (Å²) in [6.45, 7) is 1.76. The maximum absolute atomic E-state index is 12.0. The van der Waals surface area contributed by atoms with Crippen molar-refractivity contribution in [3.8, 4) is 42.3 Å². The van der Waals surface area contributed by atoms with Crippen molar-refractivity contribution >= 4 is 5.91 Å². The van der Waals surface area contributed by atoms with Crippen molar-refractivity contribution in [2.75, 3.05) is 13.7 Å². The van der Waals surface area contributed by atoms with Crippen LogP contribution in [-0.4, -0.2) is 25.2 Å². The van der Waals surface area contributed by atoms with Gasteiger partial charge in [-0.15, -0.1) is 18.8 Å². The van der Waals surface area contributed by atoms with Crippen LogP contribution in [0.2, 0.25) is 0 Å². The molecule has 0 saturated carbocycles. The number of nitrogens with zero attached hydrogens (tertiary/aromatic N) is 1. The van der Waals surface area contributed by atoms with Crippen LogP contribution in [0, 0.1) is 36.0 Å². The number of ether oxygens (including phenoxy) is 2. The lowest BCUT2D eigenvalue weighted by Gasteiger charge is -2.20. The van der Waals surface area contributed by atoms with E-state index >= 15 is 0 Å². The molecular formula is C19H20N2O3. The minimum atomic E-state index is -1.05. The molecule has 1 atom stereocenters. The molecule has 1 aromatic rings. The summed E-state index contributed by atoms with van der Waals surface area (Å²) in [4.78, 5) is 12.0. The van der Waals surface area contributed by atoms with E-state index in [4.69, 9.17) is 27.6 Å². The second-order valence-corrected chi connectivity index (χ2v) is 5.35. The maximum Gasteiger partial charge on any atom is 0.221 e. The SMILES string of the molecule is C#CCOc1ccc(CCC(=O)NC(C)(C#N)CC#C)cc1OC. The van der Waals surface area contributed by atoms with Crippen LogP contribution in [0.15, 0.2) is 18.2 Å². The Morgan fingerprint density at radius 3 is 2.67 bits per heavy atom. The third-order valence-corrected chi connectivity index (χ3v) is 3.30. The molecule has 0 heterocycles. The number of rotatable bonds is 8. The Balaban J connectivity index is 2.68. The van der Waals surface area contributed by atoms with E-state index in [1.165, 1.54) is 7.11 Å². The Labute approximate surface area is 143 Å². The van der Waals surface area contributed by atoms with Gasteiger partial charge in [-0.3, -0.25) is 4.79 Å². The summed E-state index contributed by atoms with van der Waals surface area (Å²) < 4.78 is 10.6. The van der Waals surface area contributed by atoms with Gasteiger partial charge in [-0.2, -0.15) is 5.26 Å². The van der Waals surface area contributed by atoms with Crippen LogP contribution in [0.3, 0.4) is 0 Å². The smallest absolute Gasteiger partial charge is 0.221 e. The summed E-state index contributed by atoms with van der Waals surface area (Å²) in [6.07, 6.45) is 11.3. The fraction of sp³-hybridized carbons (Fsp3) is 0.368. The second kappa shape index (κ2) is 9.13. The summed E-state index contributed by atoms with van der Waals surface area (Å²) in [5.74, 6) is 5.65. The summed E-state index contributed by atoms with van der Waals surface area (Å²) in [5.41, 5.74) is -0.137. The lowest BCUT2D eigenvalue weighted by atomic mass is 9.99. The molecule has 1 amide bonds. The van der Waals surface area contributed by atoms with Gasteiger partial charge in [0.25, 0.3) is 0 Å². The average Bonchev–Trinajstić information content (AvgIpc) is 2.58. The third kappa shape index (κ3) is 5.59. The van der Waals surface area contributed by atoms with Gasteiger partial charge >= 0.3 is 0 Å². The van der Waals surface area contributed by atoms with Gasteiger partial charge in [0.15, 0.2) is 11.5 Å². The number of methoxy groups -OCH3 is 1. The van der Waals surface area contributed by atoms with E-state index in [0.717, 1.165) is 5.56 Å². The number of terminal acetylenes is 2. The van der Waals surface area contributed by atoms with E-state index < -0.39 is 5.54 Å². The average molecular weight is 324 g/mol. The first kappa shape index (κ1) is 18.9. The van der Waals surface area contributed by atoms with E-state index in [9.17, 15) is 4.79 Å². The molecule has 0 fully saturated rings. The third-order valence-electron chi connectivity index (χ3n) is 3.30. The van der Waals surface area contributed by atoms with Crippen LogP contribution < -0.4 is 14.8 Å². The van der Waals surface area contributed by atoms with Crippen molar-refractivity contribution in [1.82, 2.24) is 5.32 Å². The highest BCUT2D eigenvalue weighted by Crippen LogP contribution is 2.28. The number of aryl methyl sites for hydroxylation is 1. The Kier molecular flexibility index (Phi) is 7.21. The Hall–Kier alpha value is -3.10. The summed E-state index contributed by atoms with van der Waals surface area (Å²) in [6, 6.07) is 7.41. The van der Waals surface area contributed by atoms with Crippen LogP contribution in [-0.2, 0) is 11.2 Å². The van der Waals surface area contributed by atoms with E-state index in [-0.39, 0.29) is 25.4 Å². The van der Waals surface area contributed by atoms with Crippen molar-refractivity contribution in [2.24, 2.45) is 0 Å². The molecule has 0 aliphatic heterocycles. The molecule has 124 valence electrons. The molecule has 0 saturated heterocycles. The fourth-order valence-corrected chi connectivity index (χ4v) is 2.05. The van der Waals surface area contributed by atoms with Gasteiger partial charge in [0.05, 0.1) is 13.2 Å². The summed E-state index contributed by atoms with van der Waals surface area (Å²) in [7, 11) is 1.53. The molecule has 1 N–H and O–H groups in total. The van der Waals surface area contributed by atoms with Crippen molar-refractivity contribution in [2.45, 2.75) is 31.7 Å². The van der Waals surface area contributed by atoms with Crippen LogP contribution in [0.1, 0.15) is 25.3 Å². The van der Waals surface area contributed by atoms with Crippen LogP contribution in [0.5, 0.6) is 11.5 Å². The van der Waals surface area contributed by atoms with Crippen LogP contribution in [0.4, 0.5) is 0 Å². The zero-order valence-electron chi connectivity index (χ0n) is 13.9. The maximum atomic E-state index is 12.0. The van der Waals surface area contributed by atoms with Gasteiger partial charge in [0.2, 0.25) is 5.91 Å². The second-order valence-electron chi connectivity index (χ2n) is 5.35. The summed E-state index contributed by atoms with van der Waals surface area (Å²) in [5, 5.41) is 11.8. The van der Waals surface area contributed by atoms with E-state index in [1.54, 1.807) is 19.1 Å². The molecule has 0 aromatic heterocycles. The van der Waals surface area contributed by atoms with E-state index in [0.29, 0.717) is 17.9 Å². The van der Waals surface area contributed by atoms with Gasteiger partial charge in [-0.05, 0) is 31.0 Å². The zero-order valence-corrected chi connectivity index (χ0v) is 13.9. The Morgan fingerprint density at radius 2 is 2.08 bits per heavy atom. The topological polar surface area (TPSA) is 71.3 Å². The normalized spacial score (nSPS) is 12.0. The number of nitriles is 1. The lowest BCUT2D eigenvalue weighted by Crippen LogP contribution is -2.44. The largest absolute Gasteiger partial charge is 0.493 e. The molecule has 0 aliphatic rings. The predicted octanol–water partition coefficient (Wildman–Crippen LogP) is 2.06. The molecule has 5 heteroatoms. The highest BCUT2D eigenvalue weighted by molar-refractivity contribution is 5.77. The van der Waals surface area contributed by atoms with Crippen molar-refractivity contribution in [3.63, 3.8) is 0 Å². The number of nitrogens with one attached hydrogen (secondary N) is 1. The van der Waals surface area contributed by atoms with Crippen LogP contribution in [0.25, 0.3) is 0 Å². The minimum absolute atomic E-state index is 0.153. The molecule has 5 nitrogen and oxygen atoms in total. The van der Waals surface area contributed by atoms with Gasteiger partial charge in [0, 0.05) is 12.8 Å². The van der Waals surface area contributed by atoms with Crippen molar-refractivity contribution in [3.05, 3.63) is 23.8 Å². The van der Waals surface area contributed by atoms with Gasteiger partial charge in [-0.1, -0.05) is 12.0 Å². The first-order chi connectivity index (χ1) is 11.5. The number of benzene rings is 1. The molecular weight excluding hydrogens is 304 g/mol. The van der Waals surface area contributed by atoms with Crippen molar-refractivity contribution in [1.29, 1.82) is 5.26 Å². The van der Waals surface area contributed by atoms with Gasteiger partial charge in [-0.25, -0.2) is 0 Å². The predicted molar refractivity (Wildman–Crippen MR) is 91.3 cm³/mol. The first-order valence-corrected chi connectivity index (χ1v) is 7.37. The van der Waals surface area contributed by atoms with Crippen LogP contribution >= 0.6 is 0 Å². The van der Waals surface area contributed by atoms with E-state index in [2.05, 4.69) is 17.2 Å². The molecule has 24 heavy (non-hydrogen) atoms. The fourth-order valence-electron chi connectivity index (χ4n) is 2.05. The molecule has 0 aliphatic carbocycles. The van der Waals surface area contributed by atoms with Crippen molar-refractivity contribution < 1.29 is 14.3 Å². The highest BCUT2D eigenvalue weighted by Gasteiger charge is 2.24. The number of carbonyl (C=O) groups is 1. The summed E-state index contributed by atoms with van der Waals surface area (Å²) >= 11 is 0.